The van der Waals surface area contributed by atoms with Gasteiger partial charge < -0.3 is 19.8 Å². The molecule has 0 aliphatic carbocycles. The summed E-state index contributed by atoms with van der Waals surface area (Å²) in [4.78, 5) is 19.9. The Morgan fingerprint density at radius 1 is 1.17 bits per heavy atom. The third kappa shape index (κ3) is 6.11. The van der Waals surface area contributed by atoms with E-state index in [0.29, 0.717) is 25.3 Å². The summed E-state index contributed by atoms with van der Waals surface area (Å²) in [6.07, 6.45) is 7.26. The van der Waals surface area contributed by atoms with Crippen molar-refractivity contribution in [1.29, 1.82) is 0 Å². The summed E-state index contributed by atoms with van der Waals surface area (Å²) in [7, 11) is 1.62. The average molecular weight is 408 g/mol. The zero-order valence-corrected chi connectivity index (χ0v) is 17.6. The number of aromatic nitrogens is 2. The first-order valence-electron chi connectivity index (χ1n) is 10.4. The Morgan fingerprint density at radius 3 is 2.83 bits per heavy atom. The predicted molar refractivity (Wildman–Crippen MR) is 120 cm³/mol. The molecule has 2 aromatic carbocycles. The number of fused-ring (bicyclic) bond motifs is 1. The third-order valence-corrected chi connectivity index (χ3v) is 4.72. The molecule has 0 radical (unpaired) electrons. The van der Waals surface area contributed by atoms with Gasteiger partial charge in [0.05, 0.1) is 24.8 Å². The number of H-pyrrole nitrogens is 1. The fourth-order valence-corrected chi connectivity index (χ4v) is 3.10. The van der Waals surface area contributed by atoms with Crippen LogP contribution in [-0.2, 0) is 11.2 Å². The number of unbranched alkanes of at least 4 members (excludes halogenated alkanes) is 2. The summed E-state index contributed by atoms with van der Waals surface area (Å²) in [6, 6.07) is 13.5. The van der Waals surface area contributed by atoms with Crippen molar-refractivity contribution >= 4 is 23.0 Å². The topological polar surface area (TPSA) is 76.2 Å². The zero-order chi connectivity index (χ0) is 21.2. The summed E-state index contributed by atoms with van der Waals surface area (Å²) < 4.78 is 11.2. The number of rotatable bonds is 11. The summed E-state index contributed by atoms with van der Waals surface area (Å²) >= 11 is 0. The molecule has 3 rings (SSSR count). The maximum atomic E-state index is 12.1. The molecular weight excluding hydrogens is 378 g/mol. The van der Waals surface area contributed by atoms with Crippen molar-refractivity contribution in [2.24, 2.45) is 0 Å². The molecule has 0 saturated heterocycles. The minimum atomic E-state index is -0.148. The Bertz CT molecular complexity index is 961. The number of carbonyl (C=O) groups is 1. The molecule has 0 aliphatic rings. The Kier molecular flexibility index (Phi) is 7.89. The van der Waals surface area contributed by atoms with Crippen LogP contribution in [0.3, 0.4) is 0 Å². The van der Waals surface area contributed by atoms with E-state index in [4.69, 9.17) is 9.47 Å². The minimum Gasteiger partial charge on any atom is -0.493 e. The van der Waals surface area contributed by atoms with E-state index in [-0.39, 0.29) is 5.91 Å². The molecule has 30 heavy (non-hydrogen) atoms. The highest BCUT2D eigenvalue weighted by atomic mass is 16.5. The van der Waals surface area contributed by atoms with Crippen LogP contribution in [-0.4, -0.2) is 36.1 Å². The first kappa shape index (κ1) is 21.4. The van der Waals surface area contributed by atoms with Crippen LogP contribution in [0.4, 0.5) is 0 Å². The largest absolute Gasteiger partial charge is 0.493 e. The molecule has 6 nitrogen and oxygen atoms in total. The number of carbonyl (C=O) groups excluding carboxylic acids is 1. The number of hydrogen-bond donors (Lipinski definition) is 2. The van der Waals surface area contributed by atoms with Crippen molar-refractivity contribution in [3.63, 3.8) is 0 Å². The number of aromatic amines is 1. The molecule has 3 aromatic rings. The quantitative estimate of drug-likeness (QED) is 0.362. The number of nitrogens with zero attached hydrogens (tertiary/aromatic N) is 1. The molecule has 158 valence electrons. The molecule has 0 aliphatic heterocycles. The van der Waals surface area contributed by atoms with Gasteiger partial charge in [-0.2, -0.15) is 0 Å². The normalized spacial score (nSPS) is 11.1. The van der Waals surface area contributed by atoms with Gasteiger partial charge in [-0.1, -0.05) is 38.0 Å². The van der Waals surface area contributed by atoms with Gasteiger partial charge in [-0.3, -0.25) is 4.79 Å². The summed E-state index contributed by atoms with van der Waals surface area (Å²) in [5.74, 6) is 2.10. The minimum absolute atomic E-state index is 0.148. The van der Waals surface area contributed by atoms with E-state index < -0.39 is 0 Å². The number of amides is 1. The highest BCUT2D eigenvalue weighted by Gasteiger charge is 2.06. The van der Waals surface area contributed by atoms with Gasteiger partial charge in [0, 0.05) is 19.0 Å². The van der Waals surface area contributed by atoms with Crippen LogP contribution >= 0.6 is 0 Å². The third-order valence-electron chi connectivity index (χ3n) is 4.72. The number of nitrogens with one attached hydrogen (secondary N) is 2. The number of ether oxygens (including phenoxy) is 2. The Hall–Kier alpha value is -3.28. The zero-order valence-electron chi connectivity index (χ0n) is 17.6. The predicted octanol–water partition coefficient (Wildman–Crippen LogP) is 4.51. The molecule has 0 fully saturated rings. The van der Waals surface area contributed by atoms with Crippen LogP contribution < -0.4 is 14.8 Å². The molecule has 0 unspecified atom stereocenters. The Morgan fingerprint density at radius 2 is 2.03 bits per heavy atom. The van der Waals surface area contributed by atoms with E-state index in [9.17, 15) is 4.79 Å². The lowest BCUT2D eigenvalue weighted by Gasteiger charge is -2.11. The van der Waals surface area contributed by atoms with E-state index >= 15 is 0 Å². The molecule has 0 bridgehead atoms. The van der Waals surface area contributed by atoms with Gasteiger partial charge in [0.1, 0.15) is 5.82 Å². The van der Waals surface area contributed by atoms with E-state index in [1.54, 1.807) is 13.2 Å². The first-order chi connectivity index (χ1) is 14.7. The van der Waals surface area contributed by atoms with Crippen molar-refractivity contribution in [3.05, 3.63) is 59.9 Å². The molecule has 0 atom stereocenters. The maximum absolute atomic E-state index is 12.1. The maximum Gasteiger partial charge on any atom is 0.244 e. The van der Waals surface area contributed by atoms with Crippen molar-refractivity contribution < 1.29 is 14.3 Å². The van der Waals surface area contributed by atoms with Crippen LogP contribution in [0.5, 0.6) is 11.5 Å². The van der Waals surface area contributed by atoms with Crippen molar-refractivity contribution in [2.45, 2.75) is 32.6 Å². The lowest BCUT2D eigenvalue weighted by atomic mass is 10.2. The fraction of sp³-hybridized carbons (Fsp3) is 0.333. The van der Waals surface area contributed by atoms with E-state index in [1.165, 1.54) is 6.08 Å². The van der Waals surface area contributed by atoms with Gasteiger partial charge in [-0.25, -0.2) is 4.98 Å². The van der Waals surface area contributed by atoms with Crippen LogP contribution in [0, 0.1) is 0 Å². The van der Waals surface area contributed by atoms with Crippen LogP contribution in [0.1, 0.15) is 37.6 Å². The second-order valence-electron chi connectivity index (χ2n) is 7.04. The van der Waals surface area contributed by atoms with Crippen LogP contribution in [0.2, 0.25) is 0 Å². The number of para-hydroxylation sites is 2. The van der Waals surface area contributed by atoms with E-state index in [2.05, 4.69) is 22.2 Å². The number of methoxy groups -OCH3 is 1. The van der Waals surface area contributed by atoms with Crippen molar-refractivity contribution in [3.8, 4) is 11.5 Å². The Balaban J connectivity index is 1.48. The highest BCUT2D eigenvalue weighted by molar-refractivity contribution is 5.91. The van der Waals surface area contributed by atoms with Gasteiger partial charge in [0.2, 0.25) is 5.91 Å². The average Bonchev–Trinajstić information content (AvgIpc) is 3.18. The highest BCUT2D eigenvalue weighted by Crippen LogP contribution is 2.28. The molecule has 2 N–H and O–H groups in total. The van der Waals surface area contributed by atoms with Crippen LogP contribution in [0.25, 0.3) is 17.1 Å². The van der Waals surface area contributed by atoms with Crippen molar-refractivity contribution in [1.82, 2.24) is 15.3 Å². The number of benzene rings is 2. The monoisotopic (exact) mass is 407 g/mol. The molecule has 1 amide bonds. The van der Waals surface area contributed by atoms with Gasteiger partial charge in [0.15, 0.2) is 11.5 Å². The summed E-state index contributed by atoms with van der Waals surface area (Å²) in [6.45, 7) is 3.35. The fourth-order valence-electron chi connectivity index (χ4n) is 3.10. The lowest BCUT2D eigenvalue weighted by molar-refractivity contribution is -0.116. The number of hydrogen-bond acceptors (Lipinski definition) is 4. The molecule has 1 aromatic heterocycles. The SMILES string of the molecule is CCCCCOc1ccc(/C=C/C(=O)NCCc2nc3ccccc3[nH]2)cc1OC. The molecular formula is C24H29N3O3. The van der Waals surface area contributed by atoms with Gasteiger partial charge in [-0.05, 0) is 42.3 Å². The summed E-state index contributed by atoms with van der Waals surface area (Å²) in [5, 5.41) is 2.88. The molecule has 0 saturated carbocycles. The van der Waals surface area contributed by atoms with Gasteiger partial charge >= 0.3 is 0 Å². The van der Waals surface area contributed by atoms with Crippen LogP contribution in [0.15, 0.2) is 48.5 Å². The molecule has 0 spiro atoms. The molecule has 1 heterocycles. The van der Waals surface area contributed by atoms with Crippen molar-refractivity contribution in [2.75, 3.05) is 20.3 Å². The standard InChI is InChI=1S/C24H29N3O3/c1-3-4-7-16-30-21-12-10-18(17-22(21)29-2)11-13-24(28)25-15-14-23-26-19-8-5-6-9-20(19)27-23/h5-6,8-13,17H,3-4,7,14-16H2,1-2H3,(H,25,28)(H,26,27)/b13-11+. The molecule has 6 heteroatoms. The Labute approximate surface area is 177 Å². The second kappa shape index (κ2) is 11.0. The number of imidazole rings is 1. The van der Waals surface area contributed by atoms with Gasteiger partial charge in [0.25, 0.3) is 0 Å². The first-order valence-corrected chi connectivity index (χ1v) is 10.4. The second-order valence-corrected chi connectivity index (χ2v) is 7.04. The van der Waals surface area contributed by atoms with Gasteiger partial charge in [-0.15, -0.1) is 0 Å². The smallest absolute Gasteiger partial charge is 0.244 e. The summed E-state index contributed by atoms with van der Waals surface area (Å²) in [5.41, 5.74) is 2.82. The van der Waals surface area contributed by atoms with E-state index in [0.717, 1.165) is 47.4 Å². The van der Waals surface area contributed by atoms with E-state index in [1.807, 2.05) is 42.5 Å². The lowest BCUT2D eigenvalue weighted by Crippen LogP contribution is -2.23.